The number of aryl methyl sites for hydroxylation is 1. The zero-order chi connectivity index (χ0) is 16.1. The fourth-order valence-electron chi connectivity index (χ4n) is 2.27. The van der Waals surface area contributed by atoms with Gasteiger partial charge in [-0.25, -0.2) is 15.0 Å². The predicted molar refractivity (Wildman–Crippen MR) is 87.7 cm³/mol. The maximum absolute atomic E-state index is 11.9. The number of nitrogens with one attached hydrogen (secondary N) is 2. The van der Waals surface area contributed by atoms with Crippen LogP contribution in [0.15, 0.2) is 43.0 Å². The number of rotatable bonds is 6. The Kier molecular flexibility index (Phi) is 4.46. The van der Waals surface area contributed by atoms with Gasteiger partial charge in [0, 0.05) is 37.8 Å². The highest BCUT2D eigenvalue weighted by Crippen LogP contribution is 2.17. The highest BCUT2D eigenvalue weighted by Gasteiger charge is 2.06. The number of anilines is 1. The molecule has 1 amide bonds. The van der Waals surface area contributed by atoms with E-state index in [2.05, 4.69) is 25.6 Å². The molecule has 23 heavy (non-hydrogen) atoms. The zero-order valence-electron chi connectivity index (χ0n) is 12.9. The average molecular weight is 310 g/mol. The molecule has 2 heterocycles. The first kappa shape index (κ1) is 15.0. The molecule has 0 aliphatic rings. The molecule has 1 aromatic carbocycles. The van der Waals surface area contributed by atoms with Gasteiger partial charge in [0.25, 0.3) is 0 Å². The van der Waals surface area contributed by atoms with Gasteiger partial charge in [-0.3, -0.25) is 4.79 Å². The Labute approximate surface area is 133 Å². The third kappa shape index (κ3) is 3.63. The van der Waals surface area contributed by atoms with E-state index >= 15 is 0 Å². The summed E-state index contributed by atoms with van der Waals surface area (Å²) in [4.78, 5) is 24.5. The van der Waals surface area contributed by atoms with Crippen LogP contribution >= 0.6 is 0 Å². The van der Waals surface area contributed by atoms with E-state index in [9.17, 15) is 4.79 Å². The lowest BCUT2D eigenvalue weighted by Crippen LogP contribution is -2.26. The van der Waals surface area contributed by atoms with Crippen LogP contribution in [0, 0.1) is 0 Å². The summed E-state index contributed by atoms with van der Waals surface area (Å²) in [6, 6.07) is 7.77. The van der Waals surface area contributed by atoms with Crippen LogP contribution in [0.25, 0.3) is 10.9 Å². The molecule has 2 N–H and O–H groups in total. The van der Waals surface area contributed by atoms with Gasteiger partial charge in [-0.1, -0.05) is 12.1 Å². The molecule has 0 saturated carbocycles. The van der Waals surface area contributed by atoms with Crippen LogP contribution in [-0.2, 0) is 18.4 Å². The van der Waals surface area contributed by atoms with Crippen molar-refractivity contribution in [3.05, 3.63) is 48.8 Å². The Balaban J connectivity index is 1.50. The van der Waals surface area contributed by atoms with E-state index in [0.29, 0.717) is 19.5 Å². The molecule has 7 heteroatoms. The van der Waals surface area contributed by atoms with Crippen molar-refractivity contribution >= 4 is 22.6 Å². The molecule has 3 rings (SSSR count). The Hall–Kier alpha value is -2.96. The van der Waals surface area contributed by atoms with Gasteiger partial charge in [0.05, 0.1) is 12.1 Å². The average Bonchev–Trinajstić information content (AvgIpc) is 2.98. The third-order valence-electron chi connectivity index (χ3n) is 3.55. The van der Waals surface area contributed by atoms with Crippen molar-refractivity contribution in [2.75, 3.05) is 11.9 Å². The fourth-order valence-corrected chi connectivity index (χ4v) is 2.27. The molecule has 7 nitrogen and oxygen atoms in total. The SMILES string of the molecule is Cn1ccnc1CNC(=O)CCNc1ncnc2ccccc12. The Bertz CT molecular complexity index is 808. The Morgan fingerprint density at radius 1 is 1.22 bits per heavy atom. The van der Waals surface area contributed by atoms with E-state index < -0.39 is 0 Å². The van der Waals surface area contributed by atoms with Gasteiger partial charge in [-0.05, 0) is 12.1 Å². The summed E-state index contributed by atoms with van der Waals surface area (Å²) >= 11 is 0. The molecular weight excluding hydrogens is 292 g/mol. The summed E-state index contributed by atoms with van der Waals surface area (Å²) in [6.07, 6.45) is 5.45. The quantitative estimate of drug-likeness (QED) is 0.720. The van der Waals surface area contributed by atoms with Crippen molar-refractivity contribution in [1.82, 2.24) is 24.8 Å². The summed E-state index contributed by atoms with van der Waals surface area (Å²) in [5.41, 5.74) is 0.879. The van der Waals surface area contributed by atoms with Crippen molar-refractivity contribution in [3.8, 4) is 0 Å². The number of hydrogen-bond acceptors (Lipinski definition) is 5. The van der Waals surface area contributed by atoms with E-state index in [1.807, 2.05) is 42.1 Å². The summed E-state index contributed by atoms with van der Waals surface area (Å²) in [5, 5.41) is 6.99. The lowest BCUT2D eigenvalue weighted by atomic mass is 10.2. The highest BCUT2D eigenvalue weighted by atomic mass is 16.1. The molecule has 3 aromatic rings. The van der Waals surface area contributed by atoms with Gasteiger partial charge < -0.3 is 15.2 Å². The molecule has 0 unspecified atom stereocenters. The lowest BCUT2D eigenvalue weighted by molar-refractivity contribution is -0.121. The minimum Gasteiger partial charge on any atom is -0.369 e. The maximum atomic E-state index is 11.9. The van der Waals surface area contributed by atoms with Crippen molar-refractivity contribution in [1.29, 1.82) is 0 Å². The second-order valence-electron chi connectivity index (χ2n) is 5.15. The number of carbonyl (C=O) groups excluding carboxylic acids is 1. The molecule has 118 valence electrons. The van der Waals surface area contributed by atoms with Gasteiger partial charge in [-0.2, -0.15) is 0 Å². The van der Waals surface area contributed by atoms with E-state index in [0.717, 1.165) is 22.5 Å². The minimum absolute atomic E-state index is 0.0288. The largest absolute Gasteiger partial charge is 0.369 e. The third-order valence-corrected chi connectivity index (χ3v) is 3.55. The van der Waals surface area contributed by atoms with Gasteiger partial charge >= 0.3 is 0 Å². The second kappa shape index (κ2) is 6.87. The van der Waals surface area contributed by atoms with Crippen molar-refractivity contribution in [2.45, 2.75) is 13.0 Å². The smallest absolute Gasteiger partial charge is 0.222 e. The first-order valence-corrected chi connectivity index (χ1v) is 7.40. The number of aromatic nitrogens is 4. The number of imidazole rings is 1. The van der Waals surface area contributed by atoms with Crippen LogP contribution in [0.3, 0.4) is 0 Å². The minimum atomic E-state index is -0.0288. The first-order chi connectivity index (χ1) is 11.2. The van der Waals surface area contributed by atoms with Crippen LogP contribution < -0.4 is 10.6 Å². The number of hydrogen-bond donors (Lipinski definition) is 2. The molecule has 0 saturated heterocycles. The lowest BCUT2D eigenvalue weighted by Gasteiger charge is -2.08. The Morgan fingerprint density at radius 2 is 2.09 bits per heavy atom. The van der Waals surface area contributed by atoms with Crippen molar-refractivity contribution < 1.29 is 4.79 Å². The maximum Gasteiger partial charge on any atom is 0.222 e. The number of para-hydroxylation sites is 1. The van der Waals surface area contributed by atoms with Crippen LogP contribution in [0.2, 0.25) is 0 Å². The monoisotopic (exact) mass is 310 g/mol. The highest BCUT2D eigenvalue weighted by molar-refractivity contribution is 5.88. The standard InChI is InChI=1S/C16H18N6O/c1-22-9-8-17-14(22)10-19-15(23)6-7-18-16-12-4-2-3-5-13(12)20-11-21-16/h2-5,8-9,11H,6-7,10H2,1H3,(H,19,23)(H,18,20,21). The summed E-state index contributed by atoms with van der Waals surface area (Å²) in [7, 11) is 1.90. The number of fused-ring (bicyclic) bond motifs is 1. The van der Waals surface area contributed by atoms with Crippen LogP contribution in [0.1, 0.15) is 12.2 Å². The van der Waals surface area contributed by atoms with E-state index in [1.54, 1.807) is 6.20 Å². The second-order valence-corrected chi connectivity index (χ2v) is 5.15. The van der Waals surface area contributed by atoms with Crippen LogP contribution in [0.5, 0.6) is 0 Å². The molecule has 0 spiro atoms. The van der Waals surface area contributed by atoms with Gasteiger partial charge in [0.1, 0.15) is 18.0 Å². The predicted octanol–water partition coefficient (Wildman–Crippen LogP) is 1.48. The summed E-state index contributed by atoms with van der Waals surface area (Å²) in [5.74, 6) is 1.54. The van der Waals surface area contributed by atoms with E-state index in [-0.39, 0.29) is 5.91 Å². The molecular formula is C16H18N6O. The topological polar surface area (TPSA) is 84.7 Å². The summed E-state index contributed by atoms with van der Waals surface area (Å²) < 4.78 is 1.88. The molecule has 0 atom stereocenters. The molecule has 0 radical (unpaired) electrons. The fraction of sp³-hybridized carbons (Fsp3) is 0.250. The van der Waals surface area contributed by atoms with E-state index in [4.69, 9.17) is 0 Å². The van der Waals surface area contributed by atoms with Gasteiger partial charge in [0.15, 0.2) is 0 Å². The van der Waals surface area contributed by atoms with Crippen LogP contribution in [0.4, 0.5) is 5.82 Å². The zero-order valence-corrected chi connectivity index (χ0v) is 12.9. The first-order valence-electron chi connectivity index (χ1n) is 7.40. The molecule has 0 fully saturated rings. The molecule has 0 bridgehead atoms. The normalized spacial score (nSPS) is 10.7. The van der Waals surface area contributed by atoms with E-state index in [1.165, 1.54) is 6.33 Å². The number of benzene rings is 1. The molecule has 0 aliphatic carbocycles. The van der Waals surface area contributed by atoms with Crippen molar-refractivity contribution in [3.63, 3.8) is 0 Å². The molecule has 2 aromatic heterocycles. The Morgan fingerprint density at radius 3 is 2.91 bits per heavy atom. The number of nitrogens with zero attached hydrogens (tertiary/aromatic N) is 4. The number of carbonyl (C=O) groups is 1. The van der Waals surface area contributed by atoms with Gasteiger partial charge in [0.2, 0.25) is 5.91 Å². The molecule has 0 aliphatic heterocycles. The van der Waals surface area contributed by atoms with Crippen LogP contribution in [-0.4, -0.2) is 32.0 Å². The van der Waals surface area contributed by atoms with Crippen molar-refractivity contribution in [2.24, 2.45) is 7.05 Å². The van der Waals surface area contributed by atoms with Gasteiger partial charge in [-0.15, -0.1) is 0 Å². The number of amides is 1. The summed E-state index contributed by atoms with van der Waals surface area (Å²) in [6.45, 7) is 0.937.